The van der Waals surface area contributed by atoms with E-state index in [1.165, 1.54) is 46.5 Å². The first-order valence-electron chi connectivity index (χ1n) is 15.3. The Labute approximate surface area is 268 Å². The number of ether oxygens (including phenoxy) is 2. The predicted molar refractivity (Wildman–Crippen MR) is 175 cm³/mol. The molecule has 0 fully saturated rings. The van der Waals surface area contributed by atoms with Gasteiger partial charge in [-0.2, -0.15) is 0 Å². The van der Waals surface area contributed by atoms with Gasteiger partial charge in [0, 0.05) is 47.1 Å². The highest BCUT2D eigenvalue weighted by molar-refractivity contribution is 6.31. The monoisotopic (exact) mass is 631 g/mol. The highest BCUT2D eigenvalue weighted by Gasteiger charge is 2.29. The topological polar surface area (TPSA) is 84.4 Å². The first-order valence-corrected chi connectivity index (χ1v) is 15.6. The lowest BCUT2D eigenvalue weighted by Crippen LogP contribution is -2.32. The number of nitrogens with zero attached hydrogens (tertiary/aromatic N) is 3. The van der Waals surface area contributed by atoms with Crippen LogP contribution in [0.2, 0.25) is 5.02 Å². The Hall–Kier alpha value is -4.18. The molecule has 3 heterocycles. The fraction of sp³-hybridized carbons (Fsp3) is 0.314. The zero-order valence-corrected chi connectivity index (χ0v) is 26.2. The van der Waals surface area contributed by atoms with Gasteiger partial charge in [-0.3, -0.25) is 9.69 Å². The van der Waals surface area contributed by atoms with Crippen molar-refractivity contribution in [2.75, 3.05) is 33.3 Å². The van der Waals surface area contributed by atoms with Crippen molar-refractivity contribution in [3.63, 3.8) is 0 Å². The summed E-state index contributed by atoms with van der Waals surface area (Å²) < 4.78 is 24.7. The molecular formula is C35H39ClFN5O3. The van der Waals surface area contributed by atoms with E-state index in [4.69, 9.17) is 16.3 Å². The number of benzene rings is 3. The molecule has 1 aliphatic heterocycles. The molecule has 10 heteroatoms. The number of aryl methyl sites for hydroxylation is 1. The molecule has 1 aliphatic rings. The normalized spacial score (nSPS) is 14.4. The molecule has 0 amide bonds. The second kappa shape index (κ2) is 16.2. The minimum atomic E-state index is -0.349. The lowest BCUT2D eigenvalue weighted by molar-refractivity contribution is -0.120. The molecule has 2 N–H and O–H groups in total. The summed E-state index contributed by atoms with van der Waals surface area (Å²) >= 11 is 6.28. The quantitative estimate of drug-likeness (QED) is 0.110. The molecular weight excluding hydrogens is 593 g/mol. The van der Waals surface area contributed by atoms with E-state index in [0.717, 1.165) is 74.8 Å². The van der Waals surface area contributed by atoms with Gasteiger partial charge >= 0.3 is 0 Å². The maximum Gasteiger partial charge on any atom is 0.298 e. The number of carbonyl (C=O) groups excluding carboxylic acids is 1. The molecule has 0 saturated carbocycles. The Morgan fingerprint density at radius 1 is 1.04 bits per heavy atom. The molecule has 8 nitrogen and oxygen atoms in total. The van der Waals surface area contributed by atoms with Crippen LogP contribution in [0.15, 0.2) is 85.5 Å². The maximum atomic E-state index is 12.2. The second-order valence-electron chi connectivity index (χ2n) is 11.0. The smallest absolute Gasteiger partial charge is 0.298 e. The van der Waals surface area contributed by atoms with Gasteiger partial charge in [-0.1, -0.05) is 23.7 Å². The fourth-order valence-corrected chi connectivity index (χ4v) is 5.76. The van der Waals surface area contributed by atoms with Gasteiger partial charge in [0.2, 0.25) is 0 Å². The Morgan fingerprint density at radius 3 is 2.58 bits per heavy atom. The van der Waals surface area contributed by atoms with Crippen LogP contribution < -0.4 is 14.8 Å². The summed E-state index contributed by atoms with van der Waals surface area (Å²) in [5.41, 5.74) is 5.11. The van der Waals surface area contributed by atoms with Crippen molar-refractivity contribution < 1.29 is 18.7 Å². The summed E-state index contributed by atoms with van der Waals surface area (Å²) in [6.45, 7) is 5.13. The van der Waals surface area contributed by atoms with Crippen LogP contribution >= 0.6 is 11.6 Å². The van der Waals surface area contributed by atoms with Crippen LogP contribution in [0.5, 0.6) is 11.5 Å². The molecule has 1 unspecified atom stereocenters. The number of H-pyrrole nitrogens is 1. The van der Waals surface area contributed by atoms with Gasteiger partial charge < -0.3 is 24.3 Å². The molecule has 2 aromatic heterocycles. The number of aromatic amines is 1. The van der Waals surface area contributed by atoms with Crippen LogP contribution in [0, 0.1) is 5.82 Å². The van der Waals surface area contributed by atoms with E-state index in [2.05, 4.69) is 72.9 Å². The number of hydrogen-bond acceptors (Lipinski definition) is 6. The molecule has 6 rings (SSSR count). The molecule has 0 spiro atoms. The van der Waals surface area contributed by atoms with E-state index >= 15 is 0 Å². The van der Waals surface area contributed by atoms with Crippen molar-refractivity contribution in [1.82, 2.24) is 24.8 Å². The summed E-state index contributed by atoms with van der Waals surface area (Å²) in [5, 5.41) is 5.55. The average molecular weight is 632 g/mol. The number of carbonyl (C=O) groups is 1. The van der Waals surface area contributed by atoms with Crippen LogP contribution in [-0.4, -0.2) is 59.2 Å². The van der Waals surface area contributed by atoms with Crippen molar-refractivity contribution in [1.29, 1.82) is 0 Å². The number of hydrogen-bond donors (Lipinski definition) is 2. The number of halogens is 2. The van der Waals surface area contributed by atoms with Gasteiger partial charge in [0.25, 0.3) is 6.47 Å². The van der Waals surface area contributed by atoms with Gasteiger partial charge in [0.15, 0.2) is 0 Å². The highest BCUT2D eigenvalue weighted by atomic mass is 35.5. The van der Waals surface area contributed by atoms with E-state index in [-0.39, 0.29) is 11.9 Å². The molecule has 0 bridgehead atoms. The molecule has 1 atom stereocenters. The van der Waals surface area contributed by atoms with Crippen LogP contribution in [0.25, 0.3) is 10.9 Å². The van der Waals surface area contributed by atoms with Gasteiger partial charge in [-0.15, -0.1) is 0 Å². The number of aromatic nitrogens is 3. The van der Waals surface area contributed by atoms with E-state index in [0.29, 0.717) is 12.2 Å². The third kappa shape index (κ3) is 8.94. The number of likely N-dealkylation sites (N-methyl/N-ethyl adjacent to an activating group) is 1. The van der Waals surface area contributed by atoms with Crippen LogP contribution in [0.3, 0.4) is 0 Å². The van der Waals surface area contributed by atoms with Gasteiger partial charge in [-0.25, -0.2) is 9.37 Å². The summed E-state index contributed by atoms with van der Waals surface area (Å²) in [7, 11) is 2.20. The van der Waals surface area contributed by atoms with Crippen molar-refractivity contribution in [3.05, 3.63) is 113 Å². The fourth-order valence-electron chi connectivity index (χ4n) is 5.59. The average Bonchev–Trinajstić information content (AvgIpc) is 3.70. The van der Waals surface area contributed by atoms with Crippen molar-refractivity contribution in [2.24, 2.45) is 0 Å². The number of fused-ring (bicyclic) bond motifs is 3. The van der Waals surface area contributed by atoms with Crippen molar-refractivity contribution >= 4 is 29.0 Å². The first kappa shape index (κ1) is 32.2. The number of rotatable bonds is 13. The van der Waals surface area contributed by atoms with Gasteiger partial charge in [0.05, 0.1) is 19.0 Å². The molecule has 0 aliphatic carbocycles. The van der Waals surface area contributed by atoms with E-state index in [1.807, 2.05) is 24.8 Å². The van der Waals surface area contributed by atoms with Crippen LogP contribution in [0.4, 0.5) is 4.39 Å². The zero-order valence-electron chi connectivity index (χ0n) is 25.4. The molecule has 3 aromatic carbocycles. The molecule has 236 valence electrons. The van der Waals surface area contributed by atoms with Crippen molar-refractivity contribution in [2.45, 2.75) is 38.3 Å². The lowest BCUT2D eigenvalue weighted by atomic mass is 9.93. The molecule has 0 saturated heterocycles. The largest absolute Gasteiger partial charge is 0.494 e. The summed E-state index contributed by atoms with van der Waals surface area (Å²) in [6.07, 6.45) is 10.0. The number of imidazole rings is 1. The Balaban J connectivity index is 0.000000342. The predicted octanol–water partition coefficient (Wildman–Crippen LogP) is 6.79. The summed E-state index contributed by atoms with van der Waals surface area (Å²) in [6, 6.07) is 20.1. The maximum absolute atomic E-state index is 12.2. The minimum Gasteiger partial charge on any atom is -0.494 e. The Kier molecular flexibility index (Phi) is 11.6. The van der Waals surface area contributed by atoms with Crippen LogP contribution in [0.1, 0.15) is 42.1 Å². The third-order valence-corrected chi connectivity index (χ3v) is 8.10. The minimum absolute atomic E-state index is 0.207. The van der Waals surface area contributed by atoms with E-state index in [1.54, 1.807) is 0 Å². The van der Waals surface area contributed by atoms with Gasteiger partial charge in [0.1, 0.15) is 17.3 Å². The SMILES string of the molecule is CN1CCc2c([nH]c3ccc(Cl)cc23)C1c1ccc(OCCCCNCCCn2ccnc2)cc1.O=COc1ccc(F)cc1. The lowest BCUT2D eigenvalue weighted by Gasteiger charge is -2.33. The Bertz CT molecular complexity index is 1620. The van der Waals surface area contributed by atoms with Gasteiger partial charge in [-0.05, 0) is 112 Å². The van der Waals surface area contributed by atoms with Crippen LogP contribution in [-0.2, 0) is 17.8 Å². The number of nitrogens with one attached hydrogen (secondary N) is 2. The highest BCUT2D eigenvalue weighted by Crippen LogP contribution is 2.38. The summed E-state index contributed by atoms with van der Waals surface area (Å²) in [5.74, 6) is 0.929. The van der Waals surface area contributed by atoms with E-state index in [9.17, 15) is 9.18 Å². The standard InChI is InChI=1S/C28H34ClN5O.C7H5FO2/c1-33-16-11-24-25-19-22(29)7-10-26(25)32-27(24)28(33)21-5-8-23(9-6-21)35-18-3-2-12-30-13-4-15-34-17-14-31-20-34;8-6-1-3-7(4-2-6)10-5-9/h5-10,14,17,19-20,28,30,32H,2-4,11-13,15-16,18H2,1H3;1-5H. The first-order chi connectivity index (χ1) is 22.0. The summed E-state index contributed by atoms with van der Waals surface area (Å²) in [4.78, 5) is 19.9. The molecule has 45 heavy (non-hydrogen) atoms. The second-order valence-corrected chi connectivity index (χ2v) is 11.5. The van der Waals surface area contributed by atoms with E-state index < -0.39 is 0 Å². The number of unbranched alkanes of at least 4 members (excludes halogenated alkanes) is 1. The molecule has 5 aromatic rings. The zero-order chi connectivity index (χ0) is 31.4. The molecule has 0 radical (unpaired) electrons. The third-order valence-electron chi connectivity index (χ3n) is 7.87. The Morgan fingerprint density at radius 2 is 1.82 bits per heavy atom. The van der Waals surface area contributed by atoms with Crippen molar-refractivity contribution in [3.8, 4) is 11.5 Å².